The molecule has 0 spiro atoms. The molecule has 39 heavy (non-hydrogen) atoms. The second-order valence-electron chi connectivity index (χ2n) is 9.79. The summed E-state index contributed by atoms with van der Waals surface area (Å²) >= 11 is 7.98. The normalized spacial score (nSPS) is 15.8. The van der Waals surface area contributed by atoms with Gasteiger partial charge in [-0.15, -0.1) is 11.8 Å². The summed E-state index contributed by atoms with van der Waals surface area (Å²) < 4.78 is 11.2. The Morgan fingerprint density at radius 2 is 1.85 bits per heavy atom. The van der Waals surface area contributed by atoms with Crippen LogP contribution < -0.4 is 5.32 Å². The molecule has 7 nitrogen and oxygen atoms in total. The summed E-state index contributed by atoms with van der Waals surface area (Å²) in [5, 5.41) is 16.8. The van der Waals surface area contributed by atoms with Crippen molar-refractivity contribution in [3.63, 3.8) is 0 Å². The number of aromatic nitrogens is 1. The number of benzene rings is 3. The minimum Gasteiger partial charge on any atom is -0.481 e. The molecular weight excluding hydrogens is 536 g/mol. The highest BCUT2D eigenvalue weighted by Gasteiger charge is 2.51. The lowest BCUT2D eigenvalue weighted by molar-refractivity contribution is -0.140. The van der Waals surface area contributed by atoms with Crippen molar-refractivity contribution in [2.24, 2.45) is 0 Å². The van der Waals surface area contributed by atoms with E-state index >= 15 is 0 Å². The molecule has 198 valence electrons. The van der Waals surface area contributed by atoms with Gasteiger partial charge in [0.25, 0.3) is 0 Å². The summed E-state index contributed by atoms with van der Waals surface area (Å²) in [5.41, 5.74) is 5.46. The first-order chi connectivity index (χ1) is 18.9. The van der Waals surface area contributed by atoms with Gasteiger partial charge in [0.15, 0.2) is 5.76 Å². The first kappa shape index (κ1) is 25.5. The Labute approximate surface area is 234 Å². The number of carbonyl (C=O) groups excluding carboxylic acids is 1. The van der Waals surface area contributed by atoms with Gasteiger partial charge in [-0.05, 0) is 60.6 Å². The molecule has 1 amide bonds. The highest BCUT2D eigenvalue weighted by Crippen LogP contribution is 2.49. The molecule has 1 fully saturated rings. The first-order valence-corrected chi connectivity index (χ1v) is 14.0. The van der Waals surface area contributed by atoms with Gasteiger partial charge in [-0.3, -0.25) is 10.1 Å². The number of carboxylic acids is 1. The molecule has 2 aliphatic rings. The summed E-state index contributed by atoms with van der Waals surface area (Å²) in [6.45, 7) is 1.76. The number of hydrogen-bond acceptors (Lipinski definition) is 6. The molecule has 1 aliphatic carbocycles. The van der Waals surface area contributed by atoms with Crippen molar-refractivity contribution in [3.8, 4) is 22.5 Å². The molecule has 0 bridgehead atoms. The van der Waals surface area contributed by atoms with Crippen LogP contribution in [0.4, 0.5) is 10.5 Å². The van der Waals surface area contributed by atoms with Crippen LogP contribution in [0.25, 0.3) is 22.5 Å². The van der Waals surface area contributed by atoms with Crippen LogP contribution in [0, 0.1) is 0 Å². The Bertz CT molecular complexity index is 1580. The van der Waals surface area contributed by atoms with E-state index in [1.807, 2.05) is 54.6 Å². The topological polar surface area (TPSA) is 102 Å². The number of carbonyl (C=O) groups is 2. The van der Waals surface area contributed by atoms with E-state index in [9.17, 15) is 14.7 Å². The SMILES string of the molecule is CC(OC(=O)Nc1cnoc1-c1ccc(-c2ccc(C3(C(=O)O)CC3)cc2)c2c1SCC2)c1ccccc1Cl. The van der Waals surface area contributed by atoms with Crippen LogP contribution in [0.15, 0.2) is 76.3 Å². The van der Waals surface area contributed by atoms with Gasteiger partial charge in [0.05, 0.1) is 11.6 Å². The molecule has 2 N–H and O–H groups in total. The third-order valence-electron chi connectivity index (χ3n) is 7.45. The molecular formula is C30H25ClN2O5S. The molecule has 1 saturated carbocycles. The van der Waals surface area contributed by atoms with Gasteiger partial charge in [-0.2, -0.15) is 0 Å². The molecule has 6 rings (SSSR count). The zero-order valence-corrected chi connectivity index (χ0v) is 22.6. The number of thioether (sulfide) groups is 1. The Balaban J connectivity index is 1.24. The van der Waals surface area contributed by atoms with Gasteiger partial charge in [0.1, 0.15) is 11.8 Å². The standard InChI is InChI=1S/C30H25ClN2O5S/c1-17(20-4-2-3-5-24(20)31)37-29(36)33-25-16-32-38-26(25)23-11-10-21(22-12-15-39-27(22)23)18-6-8-19(9-7-18)30(13-14-30)28(34)35/h2-11,16-17H,12-15H2,1H3,(H,33,36)(H,34,35). The summed E-state index contributed by atoms with van der Waals surface area (Å²) in [7, 11) is 0. The van der Waals surface area contributed by atoms with Crippen molar-refractivity contribution >= 4 is 41.1 Å². The van der Waals surface area contributed by atoms with Gasteiger partial charge in [0.2, 0.25) is 0 Å². The van der Waals surface area contributed by atoms with Gasteiger partial charge in [0, 0.05) is 26.8 Å². The maximum Gasteiger partial charge on any atom is 0.412 e. The highest BCUT2D eigenvalue weighted by molar-refractivity contribution is 7.99. The smallest absolute Gasteiger partial charge is 0.412 e. The van der Waals surface area contributed by atoms with E-state index in [0.29, 0.717) is 34.9 Å². The quantitative estimate of drug-likeness (QED) is 0.238. The van der Waals surface area contributed by atoms with E-state index in [1.165, 1.54) is 11.8 Å². The zero-order chi connectivity index (χ0) is 27.1. The number of halogens is 1. The molecule has 1 aliphatic heterocycles. The number of nitrogens with zero attached hydrogens (tertiary/aromatic N) is 1. The van der Waals surface area contributed by atoms with Gasteiger partial charge in [-0.25, -0.2) is 4.79 Å². The molecule has 0 radical (unpaired) electrons. The van der Waals surface area contributed by atoms with Crippen LogP contribution in [-0.4, -0.2) is 28.1 Å². The summed E-state index contributed by atoms with van der Waals surface area (Å²) in [6, 6.07) is 19.1. The fourth-order valence-electron chi connectivity index (χ4n) is 5.16. The molecule has 1 unspecified atom stereocenters. The van der Waals surface area contributed by atoms with E-state index in [-0.39, 0.29) is 0 Å². The predicted octanol–water partition coefficient (Wildman–Crippen LogP) is 7.74. The number of nitrogens with one attached hydrogen (secondary N) is 1. The number of fused-ring (bicyclic) bond motifs is 1. The number of anilines is 1. The Morgan fingerprint density at radius 1 is 1.10 bits per heavy atom. The third-order valence-corrected chi connectivity index (χ3v) is 8.95. The third kappa shape index (κ3) is 4.68. The minimum absolute atomic E-state index is 0.418. The summed E-state index contributed by atoms with van der Waals surface area (Å²) in [5.74, 6) is 0.631. The number of ether oxygens (including phenoxy) is 1. The maximum absolute atomic E-state index is 12.7. The van der Waals surface area contributed by atoms with Gasteiger partial charge < -0.3 is 14.4 Å². The molecule has 1 aromatic heterocycles. The van der Waals surface area contributed by atoms with Crippen LogP contribution in [-0.2, 0) is 21.4 Å². The zero-order valence-electron chi connectivity index (χ0n) is 21.1. The van der Waals surface area contributed by atoms with Crippen LogP contribution in [0.3, 0.4) is 0 Å². The maximum atomic E-state index is 12.7. The van der Waals surface area contributed by atoms with E-state index in [2.05, 4.69) is 10.5 Å². The molecule has 2 heterocycles. The molecule has 3 aromatic carbocycles. The Kier molecular flexibility index (Phi) is 6.61. The summed E-state index contributed by atoms with van der Waals surface area (Å²) in [4.78, 5) is 25.5. The lowest BCUT2D eigenvalue weighted by atomic mass is 9.91. The number of hydrogen-bond donors (Lipinski definition) is 2. The second kappa shape index (κ2) is 10.1. The predicted molar refractivity (Wildman–Crippen MR) is 150 cm³/mol. The Morgan fingerprint density at radius 3 is 2.56 bits per heavy atom. The van der Waals surface area contributed by atoms with E-state index in [4.69, 9.17) is 20.9 Å². The monoisotopic (exact) mass is 560 g/mol. The van der Waals surface area contributed by atoms with Crippen LogP contribution in [0.2, 0.25) is 5.02 Å². The minimum atomic E-state index is -0.754. The van der Waals surface area contributed by atoms with Crippen LogP contribution in [0.1, 0.15) is 42.6 Å². The lowest BCUT2D eigenvalue weighted by Crippen LogP contribution is -2.19. The molecule has 9 heteroatoms. The average Bonchev–Trinajstić information content (AvgIpc) is 3.38. The second-order valence-corrected chi connectivity index (χ2v) is 11.3. The van der Waals surface area contributed by atoms with Gasteiger partial charge in [-0.1, -0.05) is 65.3 Å². The first-order valence-electron chi connectivity index (χ1n) is 12.7. The van der Waals surface area contributed by atoms with Crippen molar-refractivity contribution in [1.82, 2.24) is 5.16 Å². The van der Waals surface area contributed by atoms with Crippen molar-refractivity contribution in [1.29, 1.82) is 0 Å². The molecule has 4 aromatic rings. The van der Waals surface area contributed by atoms with E-state index in [0.717, 1.165) is 39.3 Å². The molecule has 1 atom stereocenters. The van der Waals surface area contributed by atoms with Crippen molar-refractivity contribution < 1.29 is 24.0 Å². The largest absolute Gasteiger partial charge is 0.481 e. The summed E-state index contributed by atoms with van der Waals surface area (Å²) in [6.07, 6.45) is 2.54. The van der Waals surface area contributed by atoms with Crippen molar-refractivity contribution in [2.45, 2.75) is 42.6 Å². The Hall–Kier alpha value is -3.75. The van der Waals surface area contributed by atoms with E-state index in [1.54, 1.807) is 24.8 Å². The van der Waals surface area contributed by atoms with Gasteiger partial charge >= 0.3 is 12.1 Å². The fourth-order valence-corrected chi connectivity index (χ4v) is 6.66. The van der Waals surface area contributed by atoms with E-state index < -0.39 is 23.6 Å². The number of amides is 1. The average molecular weight is 561 g/mol. The van der Waals surface area contributed by atoms with Crippen LogP contribution >= 0.6 is 23.4 Å². The fraction of sp³-hybridized carbons (Fsp3) is 0.233. The lowest BCUT2D eigenvalue weighted by Gasteiger charge is -2.16. The highest BCUT2D eigenvalue weighted by atomic mass is 35.5. The number of carboxylic acid groups (broad SMARTS) is 1. The number of rotatable bonds is 7. The van der Waals surface area contributed by atoms with Crippen molar-refractivity contribution in [3.05, 3.63) is 88.6 Å². The van der Waals surface area contributed by atoms with Crippen molar-refractivity contribution in [2.75, 3.05) is 11.1 Å². The molecule has 0 saturated heterocycles. The number of aliphatic carboxylic acids is 1. The van der Waals surface area contributed by atoms with Crippen LogP contribution in [0.5, 0.6) is 0 Å².